The Balaban J connectivity index is 1.29. The third-order valence-corrected chi connectivity index (χ3v) is 10.2. The number of urea groups is 1. The van der Waals surface area contributed by atoms with Crippen LogP contribution >= 0.6 is 15.9 Å². The first-order chi connectivity index (χ1) is 18.2. The molecule has 4 aliphatic heterocycles. The molecule has 0 spiro atoms. The number of halogens is 1. The summed E-state index contributed by atoms with van der Waals surface area (Å²) in [4.78, 5) is 26.0. The number of aromatic nitrogens is 4. The van der Waals surface area contributed by atoms with Crippen LogP contribution in [0.3, 0.4) is 0 Å². The minimum atomic E-state index is -0.0347. The van der Waals surface area contributed by atoms with E-state index in [1.54, 1.807) is 12.4 Å². The van der Waals surface area contributed by atoms with Gasteiger partial charge in [-0.2, -0.15) is 9.61 Å². The van der Waals surface area contributed by atoms with E-state index in [2.05, 4.69) is 76.1 Å². The van der Waals surface area contributed by atoms with Crippen molar-refractivity contribution in [2.24, 2.45) is 5.92 Å². The molecule has 5 atom stereocenters. The van der Waals surface area contributed by atoms with Gasteiger partial charge in [0.05, 0.1) is 28.4 Å². The van der Waals surface area contributed by atoms with E-state index in [9.17, 15) is 4.79 Å². The number of rotatable bonds is 4. The molecule has 4 aliphatic rings. The molecule has 3 aromatic heterocycles. The van der Waals surface area contributed by atoms with Crippen LogP contribution in [0.1, 0.15) is 77.0 Å². The predicted octanol–water partition coefficient (Wildman–Crippen LogP) is 5.98. The van der Waals surface area contributed by atoms with Gasteiger partial charge >= 0.3 is 6.03 Å². The molecule has 7 rings (SSSR count). The minimum absolute atomic E-state index is 0.0347. The topological polar surface area (TPSA) is 75.4 Å². The summed E-state index contributed by atoms with van der Waals surface area (Å²) in [5, 5.41) is 8.08. The third kappa shape index (κ3) is 4.04. The zero-order chi connectivity index (χ0) is 26.7. The second-order valence-electron chi connectivity index (χ2n) is 12.4. The lowest BCUT2D eigenvalue weighted by atomic mass is 9.67. The standard InChI is InChI=1S/C29H39BrN7O/c1-19-11-22-12-20(2)37(19,29(3,4)14-22)28(38)35-10-6-8-23(18-35)25-13-26(32-16-21-7-5-9-31-15-21)36-27(34-25)24(30)17-33-36/h5,7,9,13,15,17,19-20,22-23,32H,6,8,10-12,14,16,18H2,1-4H3/q+1/t19-,20+,22?,23?,37?. The predicted molar refractivity (Wildman–Crippen MR) is 152 cm³/mol. The fourth-order valence-corrected chi connectivity index (χ4v) is 8.64. The highest BCUT2D eigenvalue weighted by atomic mass is 79.9. The lowest BCUT2D eigenvalue weighted by Gasteiger charge is -2.64. The maximum Gasteiger partial charge on any atom is 0.420 e. The van der Waals surface area contributed by atoms with Crippen LogP contribution in [0.2, 0.25) is 0 Å². The number of nitrogens with one attached hydrogen (secondary N) is 1. The van der Waals surface area contributed by atoms with Gasteiger partial charge in [-0.05, 0) is 74.0 Å². The van der Waals surface area contributed by atoms with Crippen LogP contribution in [-0.2, 0) is 6.54 Å². The van der Waals surface area contributed by atoms with Crippen molar-refractivity contribution < 1.29 is 9.28 Å². The molecule has 0 saturated carbocycles. The molecule has 0 aromatic carbocycles. The molecule has 0 radical (unpaired) electrons. The Hall–Kier alpha value is -2.52. The molecule has 38 heavy (non-hydrogen) atoms. The molecule has 202 valence electrons. The summed E-state index contributed by atoms with van der Waals surface area (Å²) in [5.41, 5.74) is 2.88. The maximum atomic E-state index is 14.5. The van der Waals surface area contributed by atoms with Crippen LogP contribution in [0.4, 0.5) is 10.6 Å². The maximum absolute atomic E-state index is 14.5. The summed E-state index contributed by atoms with van der Waals surface area (Å²) in [7, 11) is 0. The highest BCUT2D eigenvalue weighted by molar-refractivity contribution is 9.10. The van der Waals surface area contributed by atoms with Crippen molar-refractivity contribution in [3.63, 3.8) is 0 Å². The van der Waals surface area contributed by atoms with Gasteiger partial charge in [-0.3, -0.25) is 9.88 Å². The number of amides is 2. The van der Waals surface area contributed by atoms with E-state index in [0.717, 1.165) is 78.3 Å². The summed E-state index contributed by atoms with van der Waals surface area (Å²) in [5.74, 6) is 1.83. The van der Waals surface area contributed by atoms with Crippen LogP contribution in [0.15, 0.2) is 41.3 Å². The molecular weight excluding hydrogens is 542 g/mol. The van der Waals surface area contributed by atoms with Crippen LogP contribution in [-0.4, -0.2) is 65.7 Å². The van der Waals surface area contributed by atoms with Gasteiger partial charge < -0.3 is 5.32 Å². The van der Waals surface area contributed by atoms with Crippen molar-refractivity contribution in [2.45, 2.75) is 89.9 Å². The SMILES string of the molecule is C[C@@H]1CC2C[C@H](C)[N+]1(C(=O)N1CCCC(c3cc(NCc4cccnc4)n4ncc(Br)c4n3)C1)C(C)(C)C2. The van der Waals surface area contributed by atoms with Gasteiger partial charge in [0.15, 0.2) is 5.65 Å². The number of hydrogen-bond donors (Lipinski definition) is 1. The van der Waals surface area contributed by atoms with Crippen LogP contribution in [0.25, 0.3) is 5.65 Å². The molecule has 7 heterocycles. The monoisotopic (exact) mass is 580 g/mol. The molecule has 4 fully saturated rings. The molecule has 2 amide bonds. The van der Waals surface area contributed by atoms with E-state index in [1.165, 1.54) is 0 Å². The third-order valence-electron chi connectivity index (χ3n) is 9.60. The Morgan fingerprint density at radius 1 is 1.24 bits per heavy atom. The van der Waals surface area contributed by atoms with Gasteiger partial charge in [-0.15, -0.1) is 0 Å². The molecule has 3 unspecified atom stereocenters. The average molecular weight is 582 g/mol. The molecule has 3 aromatic rings. The number of piperidine rings is 4. The van der Waals surface area contributed by atoms with Gasteiger partial charge in [0.1, 0.15) is 11.4 Å². The lowest BCUT2D eigenvalue weighted by molar-refractivity contribution is -0.962. The van der Waals surface area contributed by atoms with E-state index in [-0.39, 0.29) is 11.5 Å². The highest BCUT2D eigenvalue weighted by Gasteiger charge is 2.65. The summed E-state index contributed by atoms with van der Waals surface area (Å²) >= 11 is 3.64. The number of likely N-dealkylation sites (tertiary alicyclic amines) is 1. The van der Waals surface area contributed by atoms with Gasteiger partial charge in [0, 0.05) is 63.3 Å². The first-order valence-electron chi connectivity index (χ1n) is 14.1. The summed E-state index contributed by atoms with van der Waals surface area (Å²) in [6.45, 7) is 11.5. The van der Waals surface area contributed by atoms with Crippen molar-refractivity contribution in [1.82, 2.24) is 24.5 Å². The van der Waals surface area contributed by atoms with Gasteiger partial charge in [0.2, 0.25) is 0 Å². The summed E-state index contributed by atoms with van der Waals surface area (Å²) in [6, 6.07) is 7.18. The molecular formula is C29H39BrN7O+. The number of pyridine rings is 1. The Morgan fingerprint density at radius 2 is 2.03 bits per heavy atom. The number of carbonyl (C=O) groups excluding carboxylic acids is 1. The zero-order valence-electron chi connectivity index (χ0n) is 22.9. The number of nitrogens with zero attached hydrogens (tertiary/aromatic N) is 6. The van der Waals surface area contributed by atoms with E-state index in [4.69, 9.17) is 4.98 Å². The van der Waals surface area contributed by atoms with Crippen molar-refractivity contribution >= 4 is 33.4 Å². The van der Waals surface area contributed by atoms with Gasteiger partial charge in [-0.1, -0.05) is 6.07 Å². The number of hydrogen-bond acceptors (Lipinski definition) is 5. The summed E-state index contributed by atoms with van der Waals surface area (Å²) < 4.78 is 3.32. The second-order valence-corrected chi connectivity index (χ2v) is 13.3. The summed E-state index contributed by atoms with van der Waals surface area (Å²) in [6.07, 6.45) is 10.9. The Morgan fingerprint density at radius 3 is 2.74 bits per heavy atom. The van der Waals surface area contributed by atoms with Gasteiger partial charge in [0.25, 0.3) is 0 Å². The lowest BCUT2D eigenvalue weighted by Crippen LogP contribution is -2.80. The molecule has 4 saturated heterocycles. The molecule has 1 N–H and O–H groups in total. The highest BCUT2D eigenvalue weighted by Crippen LogP contribution is 2.53. The fraction of sp³-hybridized carbons (Fsp3) is 0.586. The Kier molecular flexibility index (Phi) is 6.50. The van der Waals surface area contributed by atoms with Crippen LogP contribution < -0.4 is 5.32 Å². The Labute approximate surface area is 233 Å². The van der Waals surface area contributed by atoms with Crippen molar-refractivity contribution in [1.29, 1.82) is 0 Å². The average Bonchev–Trinajstić information content (AvgIpc) is 3.27. The van der Waals surface area contributed by atoms with E-state index in [1.807, 2.05) is 16.8 Å². The number of carbonyl (C=O) groups is 1. The fourth-order valence-electron chi connectivity index (χ4n) is 8.29. The van der Waals surface area contributed by atoms with E-state index in [0.29, 0.717) is 29.1 Å². The van der Waals surface area contributed by atoms with Crippen molar-refractivity contribution in [3.05, 3.63) is 52.5 Å². The quantitative estimate of drug-likeness (QED) is 0.384. The van der Waals surface area contributed by atoms with E-state index >= 15 is 0 Å². The molecule has 0 aliphatic carbocycles. The number of fused-ring (bicyclic) bond motifs is 4. The first-order valence-corrected chi connectivity index (χ1v) is 14.8. The second kappa shape index (κ2) is 9.59. The number of quaternary nitrogens is 1. The van der Waals surface area contributed by atoms with Crippen molar-refractivity contribution in [3.8, 4) is 0 Å². The molecule has 9 heteroatoms. The first kappa shape index (κ1) is 25.7. The molecule has 8 nitrogen and oxygen atoms in total. The normalized spacial score (nSPS) is 30.5. The van der Waals surface area contributed by atoms with Crippen LogP contribution in [0.5, 0.6) is 0 Å². The van der Waals surface area contributed by atoms with Crippen LogP contribution in [0, 0.1) is 5.92 Å². The smallest absolute Gasteiger partial charge is 0.366 e. The largest absolute Gasteiger partial charge is 0.420 e. The Bertz CT molecular complexity index is 1330. The molecule has 2 bridgehead atoms. The van der Waals surface area contributed by atoms with Gasteiger partial charge in [-0.25, -0.2) is 14.3 Å². The minimum Gasteiger partial charge on any atom is -0.366 e. The van der Waals surface area contributed by atoms with Crippen molar-refractivity contribution in [2.75, 3.05) is 18.4 Å². The van der Waals surface area contributed by atoms with E-state index < -0.39 is 0 Å². The zero-order valence-corrected chi connectivity index (χ0v) is 24.5. The number of anilines is 1.